The molecule has 30 heavy (non-hydrogen) atoms. The normalized spacial score (nSPS) is 26.7. The lowest BCUT2D eigenvalue weighted by Crippen LogP contribution is -2.51. The summed E-state index contributed by atoms with van der Waals surface area (Å²) in [5.41, 5.74) is 3.05. The van der Waals surface area contributed by atoms with Crippen molar-refractivity contribution in [1.29, 1.82) is 0 Å². The molecule has 1 saturated carbocycles. The number of rotatable bonds is 5. The van der Waals surface area contributed by atoms with Crippen LogP contribution in [-0.2, 0) is 11.2 Å². The van der Waals surface area contributed by atoms with Gasteiger partial charge in [-0.3, -0.25) is 4.79 Å². The maximum atomic E-state index is 12.8. The van der Waals surface area contributed by atoms with E-state index >= 15 is 0 Å². The molecule has 1 amide bonds. The molecule has 0 bridgehead atoms. The Morgan fingerprint density at radius 1 is 0.933 bits per heavy atom. The minimum atomic E-state index is 0.157. The third-order valence-electron chi connectivity index (χ3n) is 7.53. The van der Waals surface area contributed by atoms with Gasteiger partial charge in [-0.15, -0.1) is 0 Å². The average molecular weight is 403 g/mol. The molecule has 1 aliphatic heterocycles. The van der Waals surface area contributed by atoms with Gasteiger partial charge in [-0.2, -0.15) is 0 Å². The van der Waals surface area contributed by atoms with Gasteiger partial charge < -0.3 is 9.80 Å². The highest BCUT2D eigenvalue weighted by molar-refractivity contribution is 5.92. The predicted octanol–water partition coefficient (Wildman–Crippen LogP) is 5.04. The molecule has 3 nitrogen and oxygen atoms in total. The molecule has 1 saturated heterocycles. The number of amides is 1. The lowest BCUT2D eigenvalue weighted by molar-refractivity contribution is -0.125. The van der Waals surface area contributed by atoms with Crippen molar-refractivity contribution in [2.24, 2.45) is 5.41 Å². The van der Waals surface area contributed by atoms with Crippen molar-refractivity contribution in [2.75, 3.05) is 27.2 Å². The van der Waals surface area contributed by atoms with Gasteiger partial charge >= 0.3 is 0 Å². The number of benzene rings is 2. The number of carbonyl (C=O) groups is 1. The maximum Gasteiger partial charge on any atom is 0.246 e. The smallest absolute Gasteiger partial charge is 0.246 e. The van der Waals surface area contributed by atoms with Crippen molar-refractivity contribution in [1.82, 2.24) is 9.80 Å². The van der Waals surface area contributed by atoms with Gasteiger partial charge in [-0.25, -0.2) is 0 Å². The van der Waals surface area contributed by atoms with Crippen LogP contribution in [0.1, 0.15) is 43.2 Å². The van der Waals surface area contributed by atoms with Gasteiger partial charge in [0.05, 0.1) is 0 Å². The van der Waals surface area contributed by atoms with Crippen LogP contribution in [0.3, 0.4) is 0 Å². The highest BCUT2D eigenvalue weighted by atomic mass is 16.2. The van der Waals surface area contributed by atoms with E-state index in [1.165, 1.54) is 31.2 Å². The topological polar surface area (TPSA) is 23.6 Å². The van der Waals surface area contributed by atoms with Crippen LogP contribution in [0.15, 0.2) is 66.7 Å². The molecule has 2 aliphatic rings. The Morgan fingerprint density at radius 3 is 2.20 bits per heavy atom. The second kappa shape index (κ2) is 8.77. The first kappa shape index (κ1) is 20.9. The van der Waals surface area contributed by atoms with Crippen molar-refractivity contribution >= 4 is 12.0 Å². The Bertz CT molecular complexity index is 864. The van der Waals surface area contributed by atoms with Crippen molar-refractivity contribution < 1.29 is 4.79 Å². The highest BCUT2D eigenvalue weighted by Gasteiger charge is 2.47. The van der Waals surface area contributed by atoms with Gasteiger partial charge in [0.15, 0.2) is 0 Å². The second-order valence-electron chi connectivity index (χ2n) is 9.53. The number of nitrogens with zero attached hydrogens (tertiary/aromatic N) is 2. The third-order valence-corrected chi connectivity index (χ3v) is 7.53. The molecule has 4 rings (SSSR count). The van der Waals surface area contributed by atoms with Crippen LogP contribution >= 0.6 is 0 Å². The fourth-order valence-electron chi connectivity index (χ4n) is 5.37. The molecule has 0 atom stereocenters. The van der Waals surface area contributed by atoms with Crippen molar-refractivity contribution in [2.45, 2.75) is 44.1 Å². The van der Waals surface area contributed by atoms with Crippen LogP contribution in [0.25, 0.3) is 6.08 Å². The molecule has 1 spiro atoms. The molecule has 0 aromatic heterocycles. The quantitative estimate of drug-likeness (QED) is 0.655. The molecule has 2 fully saturated rings. The summed E-state index contributed by atoms with van der Waals surface area (Å²) in [6, 6.07) is 21.0. The van der Waals surface area contributed by atoms with Crippen molar-refractivity contribution in [3.05, 3.63) is 77.9 Å². The Hall–Kier alpha value is -2.39. The van der Waals surface area contributed by atoms with Gasteiger partial charge in [0.1, 0.15) is 0 Å². The zero-order valence-electron chi connectivity index (χ0n) is 18.4. The van der Waals surface area contributed by atoms with Crippen molar-refractivity contribution in [3.63, 3.8) is 0 Å². The molecule has 0 N–H and O–H groups in total. The van der Waals surface area contributed by atoms with E-state index in [2.05, 4.69) is 54.2 Å². The molecule has 2 aromatic carbocycles. The maximum absolute atomic E-state index is 12.8. The van der Waals surface area contributed by atoms with Crippen molar-refractivity contribution in [3.8, 4) is 0 Å². The zero-order valence-corrected chi connectivity index (χ0v) is 18.4. The van der Waals surface area contributed by atoms with Crippen LogP contribution in [0, 0.1) is 5.41 Å². The van der Waals surface area contributed by atoms with Crippen LogP contribution in [0.5, 0.6) is 0 Å². The van der Waals surface area contributed by atoms with Gasteiger partial charge in [-0.05, 0) is 75.2 Å². The molecular weight excluding hydrogens is 368 g/mol. The molecule has 158 valence electrons. The number of hydrogen-bond donors (Lipinski definition) is 0. The van der Waals surface area contributed by atoms with Gasteiger partial charge in [0.2, 0.25) is 5.91 Å². The Labute approximate surface area is 181 Å². The molecule has 3 heteroatoms. The van der Waals surface area contributed by atoms with E-state index in [1.807, 2.05) is 36.4 Å². The monoisotopic (exact) mass is 402 g/mol. The standard InChI is InChI=1S/C27H34N2O/c1-28(2)27(21-24-11-7-4-8-12-24)17-15-26(16-18-27)19-20-29(22-26)25(30)14-13-23-9-5-3-6-10-23/h3-14H,15-22H2,1-2H3. The SMILES string of the molecule is CN(C)C1(Cc2ccccc2)CCC2(CCN(C(=O)C=Cc3ccccc3)C2)CC1. The van der Waals surface area contributed by atoms with Crippen LogP contribution in [-0.4, -0.2) is 48.4 Å². The first-order valence-electron chi connectivity index (χ1n) is 11.2. The minimum absolute atomic E-state index is 0.157. The van der Waals surface area contributed by atoms with E-state index in [1.54, 1.807) is 6.08 Å². The summed E-state index contributed by atoms with van der Waals surface area (Å²) in [6.07, 6.45) is 10.8. The summed E-state index contributed by atoms with van der Waals surface area (Å²) >= 11 is 0. The lowest BCUT2D eigenvalue weighted by atomic mass is 9.65. The van der Waals surface area contributed by atoms with Crippen LogP contribution in [0.4, 0.5) is 0 Å². The number of likely N-dealkylation sites (tertiary alicyclic amines) is 1. The van der Waals surface area contributed by atoms with Gasteiger partial charge in [0, 0.05) is 24.7 Å². The lowest BCUT2D eigenvalue weighted by Gasteiger charge is -2.49. The summed E-state index contributed by atoms with van der Waals surface area (Å²) < 4.78 is 0. The van der Waals surface area contributed by atoms with Crippen LogP contribution < -0.4 is 0 Å². The Balaban J connectivity index is 1.38. The highest BCUT2D eigenvalue weighted by Crippen LogP contribution is 2.49. The fraction of sp³-hybridized carbons (Fsp3) is 0.444. The molecule has 0 radical (unpaired) electrons. The van der Waals surface area contributed by atoms with E-state index in [4.69, 9.17) is 0 Å². The summed E-state index contributed by atoms with van der Waals surface area (Å²) in [7, 11) is 4.47. The van der Waals surface area contributed by atoms with E-state index in [-0.39, 0.29) is 11.4 Å². The molecule has 0 unspecified atom stereocenters. The Kier molecular flexibility index (Phi) is 6.10. The fourth-order valence-corrected chi connectivity index (χ4v) is 5.37. The summed E-state index contributed by atoms with van der Waals surface area (Å²) in [5.74, 6) is 0.157. The summed E-state index contributed by atoms with van der Waals surface area (Å²) in [5, 5.41) is 0. The van der Waals surface area contributed by atoms with Gasteiger partial charge in [0.25, 0.3) is 0 Å². The molecule has 2 aromatic rings. The first-order valence-corrected chi connectivity index (χ1v) is 11.2. The first-order chi connectivity index (χ1) is 14.5. The van der Waals surface area contributed by atoms with Crippen LogP contribution in [0.2, 0.25) is 0 Å². The largest absolute Gasteiger partial charge is 0.339 e. The Morgan fingerprint density at radius 2 is 1.57 bits per heavy atom. The summed E-state index contributed by atoms with van der Waals surface area (Å²) in [6.45, 7) is 1.81. The van der Waals surface area contributed by atoms with E-state index in [0.29, 0.717) is 5.41 Å². The third kappa shape index (κ3) is 4.52. The second-order valence-corrected chi connectivity index (χ2v) is 9.53. The predicted molar refractivity (Wildman–Crippen MR) is 124 cm³/mol. The van der Waals surface area contributed by atoms with E-state index in [9.17, 15) is 4.79 Å². The molecule has 1 heterocycles. The van der Waals surface area contributed by atoms with Gasteiger partial charge in [-0.1, -0.05) is 60.7 Å². The zero-order chi connectivity index (χ0) is 21.0. The average Bonchev–Trinajstić information content (AvgIpc) is 3.19. The number of likely N-dealkylation sites (N-methyl/N-ethyl adjacent to an activating group) is 1. The minimum Gasteiger partial charge on any atom is -0.339 e. The number of carbonyl (C=O) groups excluding carboxylic acids is 1. The molecular formula is C27H34N2O. The molecule has 1 aliphatic carbocycles. The number of hydrogen-bond acceptors (Lipinski definition) is 2. The van der Waals surface area contributed by atoms with E-state index < -0.39 is 0 Å². The summed E-state index contributed by atoms with van der Waals surface area (Å²) in [4.78, 5) is 17.3. The van der Waals surface area contributed by atoms with E-state index in [0.717, 1.165) is 31.5 Å².